The molecule has 0 saturated carbocycles. The number of benzene rings is 6. The SMILES string of the molecule is COC(=O)c1cc(Cc2nc(Cc3ccc(N=Nc4cc(S(=O)(=O)OC)c5cccc(S(C)(=O)=O)c5c4)c(C(=O)OC)c3)[nH]c(=O)n2)ccc1N=Nc1cc(S(=O)(=O)OC)c2cccc(S(=O)(=O)OC)c2c1. The fourth-order valence-corrected chi connectivity index (χ4v) is 10.8. The molecular formula is C45H39N7O16S4. The molecule has 0 aliphatic carbocycles. The average molecular weight is 1060 g/mol. The number of methoxy groups -OCH3 is 2. The van der Waals surface area contributed by atoms with Crippen LogP contribution in [0.4, 0.5) is 22.7 Å². The van der Waals surface area contributed by atoms with E-state index in [2.05, 4.69) is 39.6 Å². The van der Waals surface area contributed by atoms with Crippen LogP contribution in [-0.4, -0.2) is 102 Å². The fraction of sp³-hybridized carbons (Fsp3) is 0.178. The molecule has 7 rings (SSSR count). The third-order valence-corrected chi connectivity index (χ3v) is 15.7. The van der Waals surface area contributed by atoms with Crippen molar-refractivity contribution in [1.82, 2.24) is 15.0 Å². The van der Waals surface area contributed by atoms with Crippen molar-refractivity contribution in [3.63, 3.8) is 0 Å². The van der Waals surface area contributed by atoms with Crippen LogP contribution in [0.5, 0.6) is 0 Å². The summed E-state index contributed by atoms with van der Waals surface area (Å²) in [6, 6.07) is 21.6. The number of H-pyrrole nitrogens is 1. The van der Waals surface area contributed by atoms with Crippen molar-refractivity contribution < 1.29 is 65.3 Å². The molecule has 7 aromatic rings. The van der Waals surface area contributed by atoms with Crippen LogP contribution >= 0.6 is 0 Å². The number of ether oxygens (including phenoxy) is 2. The third kappa shape index (κ3) is 11.2. The molecule has 374 valence electrons. The van der Waals surface area contributed by atoms with Gasteiger partial charge in [-0.25, -0.2) is 27.8 Å². The van der Waals surface area contributed by atoms with Gasteiger partial charge in [0.15, 0.2) is 9.84 Å². The van der Waals surface area contributed by atoms with Gasteiger partial charge in [0.2, 0.25) is 0 Å². The Bertz CT molecular complexity index is 3960. The molecule has 23 nitrogen and oxygen atoms in total. The Morgan fingerprint density at radius 1 is 0.514 bits per heavy atom. The van der Waals surface area contributed by atoms with Crippen molar-refractivity contribution in [2.45, 2.75) is 32.4 Å². The number of azo groups is 2. The molecule has 1 heterocycles. The molecular weight excluding hydrogens is 1020 g/mol. The Hall–Kier alpha value is -7.53. The minimum absolute atomic E-state index is 0.00434. The largest absolute Gasteiger partial charge is 0.465 e. The maximum Gasteiger partial charge on any atom is 0.348 e. The molecule has 0 aliphatic rings. The molecule has 0 amide bonds. The van der Waals surface area contributed by atoms with Crippen molar-refractivity contribution >= 4 is 96.4 Å². The number of hydrogen-bond acceptors (Lipinski definition) is 22. The summed E-state index contributed by atoms with van der Waals surface area (Å²) in [6.07, 6.45) is 0.811. The van der Waals surface area contributed by atoms with Gasteiger partial charge >= 0.3 is 17.6 Å². The summed E-state index contributed by atoms with van der Waals surface area (Å²) in [7, 11) is -11.9. The normalized spacial score (nSPS) is 12.5. The zero-order chi connectivity index (χ0) is 52.3. The molecule has 27 heteroatoms. The smallest absolute Gasteiger partial charge is 0.348 e. The third-order valence-electron chi connectivity index (χ3n) is 10.6. The number of nitrogens with zero attached hydrogens (tertiary/aromatic N) is 6. The standard InChI is InChI=1S/C45H39N7O16S4/c1-64-43(53)33-17-25(13-15-35(33)51-49-27-21-31-29(39(23-27)71(60,61)67-4)9-7-11-37(31)69(6,56)57)19-41-46-42(48-45(55)47-41)20-26-14-16-36(34(18-26)44(54)65-2)52-50-28-22-32-30(40(24-28)72(62,63)68-5)10-8-12-38(32)70(58,59)66-3/h7-18,21-24H,19-20H2,1-6H3,(H,46,47,48,55). The highest BCUT2D eigenvalue weighted by molar-refractivity contribution is 7.91. The number of rotatable bonds is 17. The van der Waals surface area contributed by atoms with Gasteiger partial charge in [-0.1, -0.05) is 36.4 Å². The van der Waals surface area contributed by atoms with Gasteiger partial charge in [-0.05, 0) is 71.8 Å². The number of carbonyl (C=O) groups excluding carboxylic acids is 2. The molecule has 0 unspecified atom stereocenters. The van der Waals surface area contributed by atoms with E-state index < -0.39 is 62.7 Å². The van der Waals surface area contributed by atoms with E-state index in [1.54, 1.807) is 6.07 Å². The van der Waals surface area contributed by atoms with E-state index in [0.717, 1.165) is 53.9 Å². The maximum atomic E-state index is 13.1. The van der Waals surface area contributed by atoms with Gasteiger partial charge in [-0.15, -0.1) is 10.2 Å². The number of sulfone groups is 1. The number of esters is 2. The second-order valence-corrected chi connectivity index (χ2v) is 22.2. The topological polar surface area (TPSA) is 325 Å². The average Bonchev–Trinajstić information content (AvgIpc) is 3.35. The van der Waals surface area contributed by atoms with E-state index in [0.29, 0.717) is 11.1 Å². The van der Waals surface area contributed by atoms with E-state index in [-0.39, 0.29) is 94.6 Å². The Kier molecular flexibility index (Phi) is 15.0. The van der Waals surface area contributed by atoms with E-state index in [1.807, 2.05) is 0 Å². The van der Waals surface area contributed by atoms with Crippen molar-refractivity contribution in [2.75, 3.05) is 41.8 Å². The summed E-state index contributed by atoms with van der Waals surface area (Å²) in [5.41, 5.74) is -0.414. The number of aromatic nitrogens is 3. The minimum atomic E-state index is -4.42. The van der Waals surface area contributed by atoms with Crippen LogP contribution in [0.3, 0.4) is 0 Å². The van der Waals surface area contributed by atoms with Crippen LogP contribution in [-0.2, 0) is 75.1 Å². The predicted octanol–water partition coefficient (Wildman–Crippen LogP) is 6.47. The molecule has 0 bridgehead atoms. The van der Waals surface area contributed by atoms with Gasteiger partial charge in [-0.3, -0.25) is 17.5 Å². The van der Waals surface area contributed by atoms with Gasteiger partial charge < -0.3 is 9.47 Å². The lowest BCUT2D eigenvalue weighted by molar-refractivity contribution is 0.0592. The highest BCUT2D eigenvalue weighted by Crippen LogP contribution is 2.37. The number of fused-ring (bicyclic) bond motifs is 2. The Morgan fingerprint density at radius 3 is 1.42 bits per heavy atom. The first-order valence-corrected chi connectivity index (χ1v) is 26.6. The molecule has 0 radical (unpaired) electrons. The van der Waals surface area contributed by atoms with Gasteiger partial charge in [0.25, 0.3) is 30.4 Å². The Labute approximate surface area is 410 Å². The summed E-state index contributed by atoms with van der Waals surface area (Å²) >= 11 is 0. The molecule has 1 aromatic heterocycles. The lowest BCUT2D eigenvalue weighted by atomic mass is 10.1. The molecule has 0 spiro atoms. The molecule has 6 aromatic carbocycles. The molecule has 0 fully saturated rings. The lowest BCUT2D eigenvalue weighted by Gasteiger charge is -2.11. The van der Waals surface area contributed by atoms with Crippen LogP contribution in [0.2, 0.25) is 0 Å². The second-order valence-electron chi connectivity index (χ2n) is 15.2. The van der Waals surface area contributed by atoms with E-state index in [4.69, 9.17) is 17.8 Å². The summed E-state index contributed by atoms with van der Waals surface area (Å²) < 4.78 is 127. The number of carbonyl (C=O) groups is 2. The maximum absolute atomic E-state index is 13.1. The Balaban J connectivity index is 1.18. The number of hydrogen-bond donors (Lipinski definition) is 1. The highest BCUT2D eigenvalue weighted by Gasteiger charge is 2.25. The van der Waals surface area contributed by atoms with Crippen LogP contribution in [0.1, 0.15) is 43.5 Å². The van der Waals surface area contributed by atoms with Gasteiger partial charge in [0, 0.05) is 40.6 Å². The highest BCUT2D eigenvalue weighted by atomic mass is 32.2. The first kappa shape index (κ1) is 52.3. The van der Waals surface area contributed by atoms with Gasteiger partial charge in [-0.2, -0.15) is 40.5 Å². The van der Waals surface area contributed by atoms with Crippen molar-refractivity contribution in [2.24, 2.45) is 20.5 Å². The van der Waals surface area contributed by atoms with Crippen LogP contribution in [0.15, 0.2) is 142 Å². The van der Waals surface area contributed by atoms with Crippen LogP contribution in [0, 0.1) is 0 Å². The molecule has 0 atom stereocenters. The molecule has 0 aliphatic heterocycles. The number of aromatic amines is 1. The fourth-order valence-electron chi connectivity index (χ4n) is 7.31. The molecule has 1 N–H and O–H groups in total. The van der Waals surface area contributed by atoms with Gasteiger partial charge in [0.05, 0.1) is 62.9 Å². The second kappa shape index (κ2) is 20.7. The first-order valence-electron chi connectivity index (χ1n) is 20.5. The first-order chi connectivity index (χ1) is 34.0. The summed E-state index contributed by atoms with van der Waals surface area (Å²) in [4.78, 5) is 48.7. The van der Waals surface area contributed by atoms with Gasteiger partial charge in [0.1, 0.15) is 37.7 Å². The molecule has 72 heavy (non-hydrogen) atoms. The van der Waals surface area contributed by atoms with Crippen LogP contribution in [0.25, 0.3) is 21.5 Å². The van der Waals surface area contributed by atoms with E-state index in [1.165, 1.54) is 78.9 Å². The molecule has 0 saturated heterocycles. The predicted molar refractivity (Wildman–Crippen MR) is 256 cm³/mol. The quantitative estimate of drug-likeness (QED) is 0.0580. The van der Waals surface area contributed by atoms with Crippen molar-refractivity contribution in [3.05, 3.63) is 141 Å². The van der Waals surface area contributed by atoms with E-state index >= 15 is 0 Å². The summed E-state index contributed by atoms with van der Waals surface area (Å²) in [5, 5.41) is 16.6. The van der Waals surface area contributed by atoms with Crippen molar-refractivity contribution in [1.29, 1.82) is 0 Å². The zero-order valence-electron chi connectivity index (χ0n) is 38.5. The summed E-state index contributed by atoms with van der Waals surface area (Å²) in [6.45, 7) is 0. The Morgan fingerprint density at radius 2 is 0.958 bits per heavy atom. The summed E-state index contributed by atoms with van der Waals surface area (Å²) in [5.74, 6) is -1.54. The monoisotopic (exact) mass is 1060 g/mol. The zero-order valence-corrected chi connectivity index (χ0v) is 41.8. The van der Waals surface area contributed by atoms with Crippen molar-refractivity contribution in [3.8, 4) is 0 Å². The minimum Gasteiger partial charge on any atom is -0.465 e. The van der Waals surface area contributed by atoms with E-state index in [9.17, 15) is 48.1 Å². The number of nitrogens with one attached hydrogen (secondary N) is 1. The van der Waals surface area contributed by atoms with Crippen LogP contribution < -0.4 is 5.69 Å². The lowest BCUT2D eigenvalue weighted by Crippen LogP contribution is -2.19.